The van der Waals surface area contributed by atoms with E-state index in [4.69, 9.17) is 14.9 Å². The topological polar surface area (TPSA) is 103 Å². The van der Waals surface area contributed by atoms with Gasteiger partial charge in [-0.3, -0.25) is 14.4 Å². The Hall–Kier alpha value is -2.15. The summed E-state index contributed by atoms with van der Waals surface area (Å²) in [6.45, 7) is 6.44. The standard InChI is InChI=1S/C17H22N2O5/c1-9-13-10(20)6-17(2,3)7-11(13)24-14(9)16(22)19-4-5-23-12(8-19)15(18)21/h12H,4-8H2,1-3H3,(H2,18,21)/t12-/m1/s1. The average molecular weight is 334 g/mol. The number of hydrogen-bond acceptors (Lipinski definition) is 5. The number of primary amides is 1. The van der Waals surface area contributed by atoms with E-state index in [1.54, 1.807) is 6.92 Å². The normalized spacial score (nSPS) is 23.0. The highest BCUT2D eigenvalue weighted by atomic mass is 16.5. The first kappa shape index (κ1) is 16.7. The third kappa shape index (κ3) is 2.84. The Kier molecular flexibility index (Phi) is 3.99. The van der Waals surface area contributed by atoms with Crippen LogP contribution in [0.5, 0.6) is 0 Å². The molecule has 2 heterocycles. The second-order valence-corrected chi connectivity index (χ2v) is 7.31. The first-order chi connectivity index (χ1) is 11.2. The third-order valence-electron chi connectivity index (χ3n) is 4.64. The SMILES string of the molecule is Cc1c(C(=O)N2CCO[C@@H](C(N)=O)C2)oc2c1C(=O)CC(C)(C)C2. The minimum absolute atomic E-state index is 0.0125. The van der Waals surface area contributed by atoms with E-state index in [1.165, 1.54) is 4.90 Å². The Balaban J connectivity index is 1.89. The van der Waals surface area contributed by atoms with E-state index in [0.29, 0.717) is 36.3 Å². The van der Waals surface area contributed by atoms with Crippen molar-refractivity contribution >= 4 is 17.6 Å². The second-order valence-electron chi connectivity index (χ2n) is 7.31. The molecule has 1 aliphatic heterocycles. The lowest BCUT2D eigenvalue weighted by Gasteiger charge is -2.30. The van der Waals surface area contributed by atoms with Crippen LogP contribution in [0, 0.1) is 12.3 Å². The summed E-state index contributed by atoms with van der Waals surface area (Å²) in [6, 6.07) is 0. The van der Waals surface area contributed by atoms with Gasteiger partial charge >= 0.3 is 0 Å². The molecule has 1 atom stereocenters. The van der Waals surface area contributed by atoms with Crippen LogP contribution in [0.2, 0.25) is 0 Å². The van der Waals surface area contributed by atoms with Crippen LogP contribution in [-0.2, 0) is 16.0 Å². The van der Waals surface area contributed by atoms with E-state index in [9.17, 15) is 14.4 Å². The fourth-order valence-electron chi connectivity index (χ4n) is 3.44. The maximum atomic E-state index is 12.8. The molecule has 0 aromatic carbocycles. The van der Waals surface area contributed by atoms with Crippen LogP contribution in [0.1, 0.15) is 52.5 Å². The number of hydrogen-bond donors (Lipinski definition) is 1. The minimum atomic E-state index is -0.812. The number of nitrogens with zero attached hydrogens (tertiary/aromatic N) is 1. The highest BCUT2D eigenvalue weighted by Gasteiger charge is 2.38. The van der Waals surface area contributed by atoms with Gasteiger partial charge in [0.1, 0.15) is 5.76 Å². The molecule has 1 saturated heterocycles. The van der Waals surface area contributed by atoms with Crippen molar-refractivity contribution in [2.45, 2.75) is 39.7 Å². The van der Waals surface area contributed by atoms with E-state index in [0.717, 1.165) is 0 Å². The van der Waals surface area contributed by atoms with Crippen LogP contribution in [0.3, 0.4) is 0 Å². The fourth-order valence-corrected chi connectivity index (χ4v) is 3.44. The van der Waals surface area contributed by atoms with Gasteiger partial charge in [-0.25, -0.2) is 0 Å². The van der Waals surface area contributed by atoms with E-state index in [-0.39, 0.29) is 36.0 Å². The van der Waals surface area contributed by atoms with Crippen LogP contribution in [0.4, 0.5) is 0 Å². The number of ketones is 1. The predicted molar refractivity (Wildman–Crippen MR) is 84.7 cm³/mol. The van der Waals surface area contributed by atoms with E-state index >= 15 is 0 Å². The highest BCUT2D eigenvalue weighted by molar-refractivity contribution is 6.03. The summed E-state index contributed by atoms with van der Waals surface area (Å²) < 4.78 is 11.0. The average Bonchev–Trinajstić information content (AvgIpc) is 2.82. The molecule has 1 aliphatic carbocycles. The van der Waals surface area contributed by atoms with E-state index in [1.807, 2.05) is 13.8 Å². The summed E-state index contributed by atoms with van der Waals surface area (Å²) in [6.07, 6.45) is 0.248. The minimum Gasteiger partial charge on any atom is -0.455 e. The molecule has 7 heteroatoms. The smallest absolute Gasteiger partial charge is 0.290 e. The van der Waals surface area contributed by atoms with Gasteiger partial charge in [-0.15, -0.1) is 0 Å². The lowest BCUT2D eigenvalue weighted by molar-refractivity contribution is -0.133. The van der Waals surface area contributed by atoms with Gasteiger partial charge in [0.15, 0.2) is 17.6 Å². The quantitative estimate of drug-likeness (QED) is 0.871. The van der Waals surface area contributed by atoms with Crippen LogP contribution in [0.15, 0.2) is 4.42 Å². The van der Waals surface area contributed by atoms with Crippen molar-refractivity contribution in [3.63, 3.8) is 0 Å². The van der Waals surface area contributed by atoms with Gasteiger partial charge < -0.3 is 19.8 Å². The van der Waals surface area contributed by atoms with Gasteiger partial charge in [0, 0.05) is 24.9 Å². The van der Waals surface area contributed by atoms with E-state index < -0.39 is 12.0 Å². The molecule has 1 aromatic rings. The first-order valence-electron chi connectivity index (χ1n) is 8.05. The zero-order valence-corrected chi connectivity index (χ0v) is 14.2. The van der Waals surface area contributed by atoms with Crippen molar-refractivity contribution in [1.82, 2.24) is 4.90 Å². The number of carbonyl (C=O) groups is 3. The first-order valence-corrected chi connectivity index (χ1v) is 8.05. The third-order valence-corrected chi connectivity index (χ3v) is 4.64. The van der Waals surface area contributed by atoms with Crippen molar-refractivity contribution in [3.05, 3.63) is 22.6 Å². The van der Waals surface area contributed by atoms with Crippen molar-refractivity contribution in [2.75, 3.05) is 19.7 Å². The summed E-state index contributed by atoms with van der Waals surface area (Å²) in [7, 11) is 0. The number of amides is 2. The van der Waals surface area contributed by atoms with Crippen molar-refractivity contribution in [3.8, 4) is 0 Å². The van der Waals surface area contributed by atoms with Gasteiger partial charge in [0.05, 0.1) is 18.7 Å². The predicted octanol–water partition coefficient (Wildman–Crippen LogP) is 1.07. The molecule has 2 amide bonds. The lowest BCUT2D eigenvalue weighted by atomic mass is 9.76. The largest absolute Gasteiger partial charge is 0.455 e. The van der Waals surface area contributed by atoms with Gasteiger partial charge in [-0.2, -0.15) is 0 Å². The van der Waals surface area contributed by atoms with Crippen molar-refractivity contribution in [1.29, 1.82) is 0 Å². The summed E-state index contributed by atoms with van der Waals surface area (Å²) in [4.78, 5) is 38.0. The molecule has 24 heavy (non-hydrogen) atoms. The molecule has 2 aliphatic rings. The fraction of sp³-hybridized carbons (Fsp3) is 0.588. The van der Waals surface area contributed by atoms with Crippen LogP contribution < -0.4 is 5.73 Å². The summed E-state index contributed by atoms with van der Waals surface area (Å²) in [5.41, 5.74) is 6.20. The van der Waals surface area contributed by atoms with Gasteiger partial charge in [-0.1, -0.05) is 13.8 Å². The van der Waals surface area contributed by atoms with Crippen LogP contribution >= 0.6 is 0 Å². The summed E-state index contributed by atoms with van der Waals surface area (Å²) in [5, 5.41) is 0. The summed E-state index contributed by atoms with van der Waals surface area (Å²) >= 11 is 0. The molecule has 0 spiro atoms. The Morgan fingerprint density at radius 2 is 2.00 bits per heavy atom. The van der Waals surface area contributed by atoms with Gasteiger partial charge in [0.25, 0.3) is 5.91 Å². The number of carbonyl (C=O) groups excluding carboxylic acids is 3. The number of fused-ring (bicyclic) bond motifs is 1. The Morgan fingerprint density at radius 1 is 1.29 bits per heavy atom. The van der Waals surface area contributed by atoms with Gasteiger partial charge in [0.2, 0.25) is 5.91 Å². The molecular weight excluding hydrogens is 312 g/mol. The molecule has 3 rings (SSSR count). The number of rotatable bonds is 2. The molecule has 1 fully saturated rings. The van der Waals surface area contributed by atoms with Crippen molar-refractivity contribution in [2.24, 2.45) is 11.1 Å². The molecule has 1 aromatic heterocycles. The number of morpholine rings is 1. The molecule has 0 saturated carbocycles. The molecule has 0 bridgehead atoms. The number of furan rings is 1. The molecule has 130 valence electrons. The number of Topliss-reactive ketones (excluding diaryl/α,β-unsaturated/α-hetero) is 1. The monoisotopic (exact) mass is 334 g/mol. The zero-order valence-electron chi connectivity index (χ0n) is 14.2. The highest BCUT2D eigenvalue weighted by Crippen LogP contribution is 2.38. The number of nitrogens with two attached hydrogens (primary N) is 1. The van der Waals surface area contributed by atoms with Crippen molar-refractivity contribution < 1.29 is 23.5 Å². The lowest BCUT2D eigenvalue weighted by Crippen LogP contribution is -2.50. The second kappa shape index (κ2) is 5.73. The maximum absolute atomic E-state index is 12.8. The Labute approximate surface area is 140 Å². The zero-order chi connectivity index (χ0) is 17.6. The molecule has 0 radical (unpaired) electrons. The Bertz CT molecular complexity index is 719. The summed E-state index contributed by atoms with van der Waals surface area (Å²) in [5.74, 6) is -0.159. The van der Waals surface area contributed by atoms with E-state index in [2.05, 4.69) is 0 Å². The molecule has 7 nitrogen and oxygen atoms in total. The maximum Gasteiger partial charge on any atom is 0.290 e. The Morgan fingerprint density at radius 3 is 2.67 bits per heavy atom. The molecule has 0 unspecified atom stereocenters. The molecular formula is C17H22N2O5. The number of ether oxygens (including phenoxy) is 1. The van der Waals surface area contributed by atoms with Crippen LogP contribution in [-0.4, -0.2) is 48.3 Å². The van der Waals surface area contributed by atoms with Crippen LogP contribution in [0.25, 0.3) is 0 Å². The van der Waals surface area contributed by atoms with Gasteiger partial charge in [-0.05, 0) is 12.3 Å². The molecule has 2 N–H and O–H groups in total.